The first-order valence-corrected chi connectivity index (χ1v) is 9.62. The molecule has 2 aromatic carbocycles. The van der Waals surface area contributed by atoms with E-state index < -0.39 is 0 Å². The van der Waals surface area contributed by atoms with E-state index in [1.807, 2.05) is 48.5 Å². The van der Waals surface area contributed by atoms with Crippen molar-refractivity contribution in [3.05, 3.63) is 82.9 Å². The first kappa shape index (κ1) is 19.6. The summed E-state index contributed by atoms with van der Waals surface area (Å²) in [5, 5.41) is 5.75. The Morgan fingerprint density at radius 2 is 0.929 bits per heavy atom. The van der Waals surface area contributed by atoms with Crippen LogP contribution in [-0.2, 0) is 0 Å². The van der Waals surface area contributed by atoms with Crippen LogP contribution in [0.3, 0.4) is 0 Å². The van der Waals surface area contributed by atoms with Crippen LogP contribution in [0.1, 0.15) is 59.5 Å². The van der Waals surface area contributed by atoms with Crippen molar-refractivity contribution in [3.63, 3.8) is 0 Å². The van der Waals surface area contributed by atoms with Crippen LogP contribution in [0.2, 0.25) is 0 Å². The monoisotopic (exact) mass is 374 g/mol. The fourth-order valence-corrected chi connectivity index (χ4v) is 3.28. The second-order valence-electron chi connectivity index (χ2n) is 7.65. The molecule has 0 aromatic heterocycles. The van der Waals surface area contributed by atoms with E-state index >= 15 is 0 Å². The average molecular weight is 374 g/mol. The minimum Gasteiger partial charge on any atom is -0.322 e. The molecule has 2 aliphatic rings. The molecule has 2 aliphatic heterocycles. The van der Waals surface area contributed by atoms with E-state index in [1.165, 1.54) is 0 Å². The van der Waals surface area contributed by atoms with E-state index in [9.17, 15) is 9.59 Å². The van der Waals surface area contributed by atoms with Crippen LogP contribution in [0.4, 0.5) is 0 Å². The molecule has 0 spiro atoms. The Balaban J connectivity index is 0.000000161. The fourth-order valence-electron chi connectivity index (χ4n) is 3.28. The Morgan fingerprint density at radius 3 is 1.25 bits per heavy atom. The van der Waals surface area contributed by atoms with Gasteiger partial charge in [-0.15, -0.1) is 0 Å². The lowest BCUT2D eigenvalue weighted by Crippen LogP contribution is -2.12. The maximum Gasteiger partial charge on any atom is 0.256 e. The highest BCUT2D eigenvalue weighted by Gasteiger charge is 2.23. The molecule has 0 atom stereocenters. The van der Waals surface area contributed by atoms with Gasteiger partial charge in [-0.3, -0.25) is 9.59 Å². The summed E-state index contributed by atoms with van der Waals surface area (Å²) in [6.07, 6.45) is 4.15. The number of carbonyl (C=O) groups excluding carboxylic acids is 2. The normalized spacial score (nSPS) is 17.4. The van der Waals surface area contributed by atoms with Crippen LogP contribution in [0.5, 0.6) is 0 Å². The lowest BCUT2D eigenvalue weighted by atomic mass is 10.1. The molecular formula is C24H26N2O2. The van der Waals surface area contributed by atoms with E-state index in [-0.39, 0.29) is 11.8 Å². The molecule has 0 saturated carbocycles. The molecule has 4 nitrogen and oxygen atoms in total. The summed E-state index contributed by atoms with van der Waals surface area (Å²) in [5.74, 6) is 0.896. The number of allylic oxidation sites excluding steroid dienone is 2. The molecule has 4 heteroatoms. The van der Waals surface area contributed by atoms with Gasteiger partial charge in [0, 0.05) is 33.6 Å². The van der Waals surface area contributed by atoms with Gasteiger partial charge in [-0.25, -0.2) is 0 Å². The molecule has 2 heterocycles. The number of carbonyl (C=O) groups is 2. The summed E-state index contributed by atoms with van der Waals surface area (Å²) in [6.45, 7) is 8.39. The Hall–Kier alpha value is -3.14. The molecule has 0 bridgehead atoms. The molecule has 2 N–H and O–H groups in total. The summed E-state index contributed by atoms with van der Waals surface area (Å²) in [5.41, 5.74) is 5.48. The highest BCUT2D eigenvalue weighted by Crippen LogP contribution is 2.25. The maximum atomic E-state index is 11.5. The first-order chi connectivity index (χ1) is 13.4. The second kappa shape index (κ2) is 8.26. The van der Waals surface area contributed by atoms with Crippen molar-refractivity contribution in [2.75, 3.05) is 0 Å². The molecule has 2 aromatic rings. The van der Waals surface area contributed by atoms with Crippen molar-refractivity contribution < 1.29 is 9.59 Å². The van der Waals surface area contributed by atoms with Crippen LogP contribution in [0, 0.1) is 11.8 Å². The molecule has 4 rings (SSSR count). The van der Waals surface area contributed by atoms with Crippen LogP contribution >= 0.6 is 0 Å². The van der Waals surface area contributed by atoms with Gasteiger partial charge in [0.1, 0.15) is 0 Å². The molecule has 0 unspecified atom stereocenters. The highest BCUT2D eigenvalue weighted by atomic mass is 16.2. The Labute approximate surface area is 166 Å². The molecule has 0 saturated heterocycles. The standard InChI is InChI=1S/2C12H13NO/c2*1-8(2)7-11-9-5-3-4-6-10(9)12(14)13-11/h2*3-8H,1-2H3,(H,13,14)/b2*11-7-. The first-order valence-electron chi connectivity index (χ1n) is 9.62. The summed E-state index contributed by atoms with van der Waals surface area (Å²) >= 11 is 0. The number of amides is 2. The van der Waals surface area contributed by atoms with Gasteiger partial charge in [-0.2, -0.15) is 0 Å². The quantitative estimate of drug-likeness (QED) is 0.789. The summed E-state index contributed by atoms with van der Waals surface area (Å²) in [4.78, 5) is 23.0. The number of hydrogen-bond acceptors (Lipinski definition) is 2. The lowest BCUT2D eigenvalue weighted by Gasteiger charge is -2.01. The maximum absolute atomic E-state index is 11.5. The van der Waals surface area contributed by atoms with Crippen molar-refractivity contribution in [3.8, 4) is 0 Å². The van der Waals surface area contributed by atoms with E-state index in [2.05, 4.69) is 50.5 Å². The predicted molar refractivity (Wildman–Crippen MR) is 113 cm³/mol. The number of benzene rings is 2. The third-order valence-corrected chi connectivity index (χ3v) is 4.42. The number of fused-ring (bicyclic) bond motifs is 2. The van der Waals surface area contributed by atoms with E-state index in [1.54, 1.807) is 0 Å². The van der Waals surface area contributed by atoms with Crippen LogP contribution in [-0.4, -0.2) is 11.8 Å². The smallest absolute Gasteiger partial charge is 0.256 e. The molecule has 0 fully saturated rings. The van der Waals surface area contributed by atoms with Gasteiger partial charge in [-0.05, 0) is 24.0 Å². The van der Waals surface area contributed by atoms with Gasteiger partial charge in [0.05, 0.1) is 0 Å². The van der Waals surface area contributed by atoms with E-state index in [0.29, 0.717) is 11.8 Å². The second-order valence-corrected chi connectivity index (χ2v) is 7.65. The zero-order valence-electron chi connectivity index (χ0n) is 16.7. The van der Waals surface area contributed by atoms with Crippen molar-refractivity contribution >= 4 is 23.2 Å². The van der Waals surface area contributed by atoms with Crippen molar-refractivity contribution in [1.82, 2.24) is 10.6 Å². The molecular weight excluding hydrogens is 348 g/mol. The number of rotatable bonds is 2. The zero-order chi connectivity index (χ0) is 20.3. The summed E-state index contributed by atoms with van der Waals surface area (Å²) in [7, 11) is 0. The van der Waals surface area contributed by atoms with Gasteiger partial charge in [0.15, 0.2) is 0 Å². The van der Waals surface area contributed by atoms with Gasteiger partial charge >= 0.3 is 0 Å². The molecule has 0 aliphatic carbocycles. The van der Waals surface area contributed by atoms with Crippen LogP contribution < -0.4 is 10.6 Å². The lowest BCUT2D eigenvalue weighted by molar-refractivity contribution is 0.0972. The molecule has 2 amide bonds. The van der Waals surface area contributed by atoms with Crippen molar-refractivity contribution in [2.24, 2.45) is 11.8 Å². The third kappa shape index (κ3) is 4.22. The molecule has 28 heavy (non-hydrogen) atoms. The summed E-state index contributed by atoms with van der Waals surface area (Å²) in [6, 6.07) is 15.3. The van der Waals surface area contributed by atoms with Gasteiger partial charge in [-0.1, -0.05) is 76.2 Å². The largest absolute Gasteiger partial charge is 0.322 e. The minimum absolute atomic E-state index is 0.00694. The topological polar surface area (TPSA) is 58.2 Å². The van der Waals surface area contributed by atoms with E-state index in [4.69, 9.17) is 0 Å². The fraction of sp³-hybridized carbons (Fsp3) is 0.250. The Morgan fingerprint density at radius 1 is 0.607 bits per heavy atom. The molecule has 144 valence electrons. The van der Waals surface area contributed by atoms with Crippen molar-refractivity contribution in [1.29, 1.82) is 0 Å². The number of hydrogen-bond donors (Lipinski definition) is 2. The third-order valence-electron chi connectivity index (χ3n) is 4.42. The Kier molecular flexibility index (Phi) is 5.78. The van der Waals surface area contributed by atoms with Crippen molar-refractivity contribution in [2.45, 2.75) is 27.7 Å². The molecule has 0 radical (unpaired) electrons. The van der Waals surface area contributed by atoms with Crippen LogP contribution in [0.25, 0.3) is 11.4 Å². The van der Waals surface area contributed by atoms with Gasteiger partial charge in [0.25, 0.3) is 11.8 Å². The SMILES string of the molecule is CC(C)/C=C1\NC(=O)c2ccccc21.CC(C)/C=C1\NC(=O)c2ccccc21. The zero-order valence-corrected chi connectivity index (χ0v) is 16.7. The Bertz CT molecular complexity index is 889. The van der Waals surface area contributed by atoms with Crippen LogP contribution in [0.15, 0.2) is 60.7 Å². The predicted octanol–water partition coefficient (Wildman–Crippen LogP) is 4.85. The van der Waals surface area contributed by atoms with E-state index in [0.717, 1.165) is 33.6 Å². The highest BCUT2D eigenvalue weighted by molar-refractivity contribution is 6.09. The number of nitrogens with one attached hydrogen (secondary N) is 2. The summed E-state index contributed by atoms with van der Waals surface area (Å²) < 4.78 is 0. The average Bonchev–Trinajstić information content (AvgIpc) is 3.13. The minimum atomic E-state index is 0.00694. The van der Waals surface area contributed by atoms with Gasteiger partial charge in [0.2, 0.25) is 0 Å². The van der Waals surface area contributed by atoms with Gasteiger partial charge < -0.3 is 10.6 Å².